The molecule has 2 unspecified atom stereocenters. The first-order chi connectivity index (χ1) is 14.7. The Balaban J connectivity index is 1.14. The third-order valence-electron chi connectivity index (χ3n) is 8.69. The minimum atomic E-state index is -1.38. The molecule has 1 aromatic carbocycles. The van der Waals surface area contributed by atoms with E-state index in [1.807, 2.05) is 30.3 Å². The summed E-state index contributed by atoms with van der Waals surface area (Å²) in [7, 11) is 0. The highest BCUT2D eigenvalue weighted by atomic mass is 16.3. The van der Waals surface area contributed by atoms with Crippen molar-refractivity contribution >= 4 is 5.91 Å². The van der Waals surface area contributed by atoms with E-state index >= 15 is 0 Å². The van der Waals surface area contributed by atoms with E-state index in [9.17, 15) is 9.90 Å². The maximum atomic E-state index is 13.3. The fourth-order valence-corrected chi connectivity index (χ4v) is 6.86. The molecule has 1 amide bonds. The molecule has 1 aliphatic heterocycles. The van der Waals surface area contributed by atoms with Crippen molar-refractivity contribution < 1.29 is 9.90 Å². The topological polar surface area (TPSA) is 52.6 Å². The van der Waals surface area contributed by atoms with Crippen molar-refractivity contribution in [2.75, 3.05) is 26.2 Å². The number of benzene rings is 1. The zero-order valence-electron chi connectivity index (χ0n) is 18.3. The second-order valence-corrected chi connectivity index (χ2v) is 10.5. The van der Waals surface area contributed by atoms with Crippen molar-refractivity contribution in [3.05, 3.63) is 35.9 Å². The van der Waals surface area contributed by atoms with Crippen molar-refractivity contribution in [1.82, 2.24) is 10.2 Å². The van der Waals surface area contributed by atoms with Gasteiger partial charge in [0, 0.05) is 32.1 Å². The van der Waals surface area contributed by atoms with E-state index in [4.69, 9.17) is 0 Å². The number of rotatable bonds is 7. The molecule has 1 saturated heterocycles. The van der Waals surface area contributed by atoms with E-state index in [1.54, 1.807) is 0 Å². The van der Waals surface area contributed by atoms with Crippen molar-refractivity contribution in [1.29, 1.82) is 0 Å². The normalized spacial score (nSPS) is 32.0. The quantitative estimate of drug-likeness (QED) is 0.716. The van der Waals surface area contributed by atoms with Crippen molar-refractivity contribution in [3.8, 4) is 0 Å². The van der Waals surface area contributed by atoms with Crippen LogP contribution in [0.1, 0.15) is 63.4 Å². The Labute approximate surface area is 181 Å². The number of nitrogens with zero attached hydrogens (tertiary/aromatic N) is 1. The van der Waals surface area contributed by atoms with Gasteiger partial charge in [0.15, 0.2) is 5.60 Å². The second-order valence-electron chi connectivity index (χ2n) is 10.5. The van der Waals surface area contributed by atoms with Gasteiger partial charge in [-0.2, -0.15) is 0 Å². The van der Waals surface area contributed by atoms with Gasteiger partial charge in [0.2, 0.25) is 0 Å². The predicted molar refractivity (Wildman–Crippen MR) is 119 cm³/mol. The first-order valence-corrected chi connectivity index (χ1v) is 12.4. The summed E-state index contributed by atoms with van der Waals surface area (Å²) in [6.07, 6.45) is 11.2. The molecule has 2 N–H and O–H groups in total. The molecular formula is C26H38N2O2. The molecule has 30 heavy (non-hydrogen) atoms. The lowest BCUT2D eigenvalue weighted by atomic mass is 9.79. The van der Waals surface area contributed by atoms with Crippen LogP contribution in [-0.4, -0.2) is 42.1 Å². The summed E-state index contributed by atoms with van der Waals surface area (Å²) in [5, 5.41) is 14.8. The van der Waals surface area contributed by atoms with Crippen LogP contribution in [0.25, 0.3) is 0 Å². The molecule has 4 aliphatic rings. The molecule has 3 saturated carbocycles. The average Bonchev–Trinajstić information content (AvgIpc) is 3.17. The number of likely N-dealkylation sites (tertiary alicyclic amines) is 1. The number of piperidine rings is 1. The van der Waals surface area contributed by atoms with Gasteiger partial charge in [-0.15, -0.1) is 0 Å². The van der Waals surface area contributed by atoms with Gasteiger partial charge in [-0.1, -0.05) is 62.4 Å². The summed E-state index contributed by atoms with van der Waals surface area (Å²) >= 11 is 0. The molecule has 1 aromatic rings. The van der Waals surface area contributed by atoms with Crippen molar-refractivity contribution in [2.45, 2.75) is 63.4 Å². The minimum Gasteiger partial charge on any atom is -0.375 e. The number of nitrogens with one attached hydrogen (secondary N) is 1. The molecule has 1 heterocycles. The summed E-state index contributed by atoms with van der Waals surface area (Å²) in [5.74, 6) is 2.89. The third kappa shape index (κ3) is 3.93. The molecule has 0 radical (unpaired) electrons. The maximum Gasteiger partial charge on any atom is 0.256 e. The van der Waals surface area contributed by atoms with Gasteiger partial charge in [-0.05, 0) is 54.9 Å². The SMILES string of the molecule is O=C(NCC1C2CN(CC3CCCCC3)CC12)[C@@](O)(c1ccccc1)C1CCCC1. The highest BCUT2D eigenvalue weighted by molar-refractivity contribution is 5.86. The number of carbonyl (C=O) groups excluding carboxylic acids is 1. The monoisotopic (exact) mass is 410 g/mol. The van der Waals surface area contributed by atoms with Crippen LogP contribution in [0.2, 0.25) is 0 Å². The molecule has 4 nitrogen and oxygen atoms in total. The lowest BCUT2D eigenvalue weighted by Gasteiger charge is -2.33. The van der Waals surface area contributed by atoms with E-state index in [1.165, 1.54) is 51.7 Å². The molecule has 0 aromatic heterocycles. The van der Waals surface area contributed by atoms with E-state index in [0.717, 1.165) is 55.5 Å². The zero-order valence-corrected chi connectivity index (χ0v) is 18.3. The van der Waals surface area contributed by atoms with Crippen LogP contribution >= 0.6 is 0 Å². The van der Waals surface area contributed by atoms with Crippen LogP contribution in [0, 0.1) is 29.6 Å². The Kier molecular flexibility index (Phi) is 5.90. The lowest BCUT2D eigenvalue weighted by molar-refractivity contribution is -0.147. The summed E-state index contributed by atoms with van der Waals surface area (Å²) in [4.78, 5) is 15.9. The lowest BCUT2D eigenvalue weighted by Crippen LogP contribution is -2.49. The Morgan fingerprint density at radius 2 is 1.60 bits per heavy atom. The fraction of sp³-hybridized carbons (Fsp3) is 0.731. The largest absolute Gasteiger partial charge is 0.375 e. The summed E-state index contributed by atoms with van der Waals surface area (Å²) in [5.41, 5.74) is -0.626. The van der Waals surface area contributed by atoms with Gasteiger partial charge in [0.25, 0.3) is 5.91 Å². The van der Waals surface area contributed by atoms with Crippen LogP contribution in [0.5, 0.6) is 0 Å². The molecule has 3 aliphatic carbocycles. The standard InChI is InChI=1S/C26H38N2O2/c29-25(26(30,21-13-7-8-14-21)20-11-5-2-6-12-20)27-15-22-23-17-28(18-24(22)23)16-19-9-3-1-4-10-19/h2,5-6,11-12,19,21-24,30H,1,3-4,7-10,13-18H2,(H,27,29)/t22?,23?,24?,26-/m1/s1. The van der Waals surface area contributed by atoms with E-state index in [2.05, 4.69) is 10.2 Å². The smallest absolute Gasteiger partial charge is 0.256 e. The average molecular weight is 411 g/mol. The molecule has 5 rings (SSSR count). The number of amides is 1. The maximum absolute atomic E-state index is 13.3. The zero-order chi connectivity index (χ0) is 20.6. The Hall–Kier alpha value is -1.39. The van der Waals surface area contributed by atoms with Crippen LogP contribution < -0.4 is 5.32 Å². The van der Waals surface area contributed by atoms with Crippen LogP contribution in [0.3, 0.4) is 0 Å². The number of aliphatic hydroxyl groups is 1. The first-order valence-electron chi connectivity index (χ1n) is 12.4. The van der Waals surface area contributed by atoms with Crippen LogP contribution in [-0.2, 0) is 10.4 Å². The van der Waals surface area contributed by atoms with Gasteiger partial charge >= 0.3 is 0 Å². The summed E-state index contributed by atoms with van der Waals surface area (Å²) in [6, 6.07) is 9.62. The van der Waals surface area contributed by atoms with Crippen LogP contribution in [0.4, 0.5) is 0 Å². The molecule has 3 atom stereocenters. The Morgan fingerprint density at radius 3 is 2.27 bits per heavy atom. The van der Waals surface area contributed by atoms with E-state index < -0.39 is 5.60 Å². The number of hydrogen-bond acceptors (Lipinski definition) is 3. The predicted octanol–water partition coefficient (Wildman–Crippen LogP) is 3.94. The van der Waals surface area contributed by atoms with Gasteiger partial charge in [0.05, 0.1) is 0 Å². The Bertz CT molecular complexity index is 714. The number of carbonyl (C=O) groups is 1. The van der Waals surface area contributed by atoms with Crippen molar-refractivity contribution in [3.63, 3.8) is 0 Å². The third-order valence-corrected chi connectivity index (χ3v) is 8.69. The molecule has 0 bridgehead atoms. The number of fused-ring (bicyclic) bond motifs is 1. The van der Waals surface area contributed by atoms with Crippen molar-refractivity contribution in [2.24, 2.45) is 29.6 Å². The fourth-order valence-electron chi connectivity index (χ4n) is 6.86. The van der Waals surface area contributed by atoms with Gasteiger partial charge in [-0.3, -0.25) is 4.79 Å². The molecule has 4 heteroatoms. The van der Waals surface area contributed by atoms with Crippen LogP contribution in [0.15, 0.2) is 30.3 Å². The van der Waals surface area contributed by atoms with Gasteiger partial charge < -0.3 is 15.3 Å². The molecule has 164 valence electrons. The van der Waals surface area contributed by atoms with Gasteiger partial charge in [0.1, 0.15) is 0 Å². The van der Waals surface area contributed by atoms with E-state index in [0.29, 0.717) is 5.92 Å². The number of hydrogen-bond donors (Lipinski definition) is 2. The Morgan fingerprint density at radius 1 is 0.967 bits per heavy atom. The summed E-state index contributed by atoms with van der Waals surface area (Å²) < 4.78 is 0. The molecular weight excluding hydrogens is 372 g/mol. The first kappa shape index (κ1) is 20.5. The second kappa shape index (κ2) is 8.63. The highest BCUT2D eigenvalue weighted by Crippen LogP contribution is 2.51. The minimum absolute atomic E-state index is 0.0320. The van der Waals surface area contributed by atoms with Gasteiger partial charge in [-0.25, -0.2) is 0 Å². The molecule has 0 spiro atoms. The summed E-state index contributed by atoms with van der Waals surface area (Å²) in [6.45, 7) is 4.45. The molecule has 4 fully saturated rings. The highest BCUT2D eigenvalue weighted by Gasteiger charge is 2.56. The van der Waals surface area contributed by atoms with E-state index in [-0.39, 0.29) is 11.8 Å².